The van der Waals surface area contributed by atoms with E-state index in [4.69, 9.17) is 18.9 Å². The van der Waals surface area contributed by atoms with Gasteiger partial charge in [0.25, 0.3) is 0 Å². The Bertz CT molecular complexity index is 552. The van der Waals surface area contributed by atoms with Gasteiger partial charge < -0.3 is 24.5 Å². The lowest BCUT2D eigenvalue weighted by molar-refractivity contribution is 0.0888. The number of rotatable bonds is 11. The maximum Gasteiger partial charge on any atom is 0.191 e. The predicted molar refractivity (Wildman–Crippen MR) is 111 cm³/mol. The number of likely N-dealkylation sites (tertiary alicyclic amines) is 1. The molecule has 0 aliphatic carbocycles. The Morgan fingerprint density at radius 3 is 2.96 bits per heavy atom. The summed E-state index contributed by atoms with van der Waals surface area (Å²) >= 11 is 0. The molecule has 0 amide bonds. The fourth-order valence-electron chi connectivity index (χ4n) is 3.78. The van der Waals surface area contributed by atoms with Crippen LogP contribution in [0.25, 0.3) is 0 Å². The van der Waals surface area contributed by atoms with Crippen LogP contribution >= 0.6 is 0 Å². The van der Waals surface area contributed by atoms with Crippen LogP contribution in [0.4, 0.5) is 0 Å². The Morgan fingerprint density at radius 2 is 2.25 bits per heavy atom. The molecule has 0 radical (unpaired) electrons. The lowest BCUT2D eigenvalue weighted by Gasteiger charge is -2.24. The van der Waals surface area contributed by atoms with Crippen molar-refractivity contribution >= 4 is 5.96 Å². The van der Waals surface area contributed by atoms with E-state index in [1.807, 2.05) is 6.07 Å². The molecule has 1 aromatic rings. The lowest BCUT2D eigenvalue weighted by Crippen LogP contribution is -2.39. The summed E-state index contributed by atoms with van der Waals surface area (Å²) in [6.45, 7) is 10.0. The summed E-state index contributed by atoms with van der Waals surface area (Å²) < 4.78 is 16.8. The van der Waals surface area contributed by atoms with Gasteiger partial charge in [-0.25, -0.2) is 0 Å². The van der Waals surface area contributed by atoms with Crippen molar-refractivity contribution in [1.29, 1.82) is 0 Å². The second kappa shape index (κ2) is 12.1. The molecule has 1 aromatic heterocycles. The molecule has 28 heavy (non-hydrogen) atoms. The minimum Gasteiger partial charge on any atom is -0.468 e. The Kier molecular flexibility index (Phi) is 9.13. The number of nitrogens with one attached hydrogen (secondary N) is 2. The van der Waals surface area contributed by atoms with Gasteiger partial charge in [0, 0.05) is 32.2 Å². The van der Waals surface area contributed by atoms with Crippen LogP contribution in [-0.4, -0.2) is 70.0 Å². The smallest absolute Gasteiger partial charge is 0.191 e. The first kappa shape index (κ1) is 21.1. The average molecular weight is 393 g/mol. The van der Waals surface area contributed by atoms with E-state index in [1.54, 1.807) is 6.26 Å². The van der Waals surface area contributed by atoms with Gasteiger partial charge in [-0.2, -0.15) is 0 Å². The van der Waals surface area contributed by atoms with Crippen LogP contribution in [0.5, 0.6) is 0 Å². The molecule has 2 N–H and O–H groups in total. The summed E-state index contributed by atoms with van der Waals surface area (Å²) in [5.74, 6) is 2.45. The number of guanidine groups is 1. The lowest BCUT2D eigenvalue weighted by atomic mass is 10.1. The standard InChI is InChI=1S/C21H36N4O3/c1-2-22-21(23-9-6-12-26-16-18-8-14-27-17-18)24-15-19(20-7-5-13-28-20)25-10-3-4-11-25/h5,7,13,18-19H,2-4,6,8-12,14-17H2,1H3,(H2,22,23,24). The topological polar surface area (TPSA) is 71.3 Å². The maximum absolute atomic E-state index is 5.77. The van der Waals surface area contributed by atoms with Crippen molar-refractivity contribution < 1.29 is 13.9 Å². The molecule has 2 aliphatic rings. The highest BCUT2D eigenvalue weighted by Gasteiger charge is 2.25. The van der Waals surface area contributed by atoms with Crippen LogP contribution in [0.3, 0.4) is 0 Å². The van der Waals surface area contributed by atoms with Gasteiger partial charge in [-0.1, -0.05) is 0 Å². The monoisotopic (exact) mass is 392 g/mol. The first-order valence-electron chi connectivity index (χ1n) is 10.8. The normalized spacial score (nSPS) is 21.9. The third-order valence-electron chi connectivity index (χ3n) is 5.36. The van der Waals surface area contributed by atoms with Crippen molar-refractivity contribution in [3.05, 3.63) is 24.2 Å². The molecular formula is C21H36N4O3. The zero-order valence-electron chi connectivity index (χ0n) is 17.2. The van der Waals surface area contributed by atoms with Crippen molar-refractivity contribution in [3.63, 3.8) is 0 Å². The number of hydrogen-bond donors (Lipinski definition) is 2. The van der Waals surface area contributed by atoms with Crippen LogP contribution in [0, 0.1) is 5.92 Å². The third kappa shape index (κ3) is 6.79. The molecule has 7 nitrogen and oxygen atoms in total. The highest BCUT2D eigenvalue weighted by molar-refractivity contribution is 5.79. The third-order valence-corrected chi connectivity index (χ3v) is 5.36. The molecule has 3 heterocycles. The molecule has 2 saturated heterocycles. The van der Waals surface area contributed by atoms with E-state index in [-0.39, 0.29) is 6.04 Å². The van der Waals surface area contributed by atoms with Gasteiger partial charge in [0.1, 0.15) is 5.76 Å². The summed E-state index contributed by atoms with van der Waals surface area (Å²) in [7, 11) is 0. The zero-order chi connectivity index (χ0) is 19.4. The molecule has 158 valence electrons. The average Bonchev–Trinajstić information content (AvgIpc) is 3.48. The fourth-order valence-corrected chi connectivity index (χ4v) is 3.78. The molecule has 3 rings (SSSR count). The molecule has 0 bridgehead atoms. The first-order chi connectivity index (χ1) is 13.9. The molecule has 2 atom stereocenters. The molecule has 0 spiro atoms. The van der Waals surface area contributed by atoms with Crippen LogP contribution < -0.4 is 10.6 Å². The van der Waals surface area contributed by atoms with Crippen LogP contribution in [0.2, 0.25) is 0 Å². The SMILES string of the molecule is CCNC(=NCC(c1ccco1)N1CCCC1)NCCCOCC1CCOC1. The van der Waals surface area contributed by atoms with E-state index in [0.717, 1.165) is 77.2 Å². The first-order valence-corrected chi connectivity index (χ1v) is 10.8. The highest BCUT2D eigenvalue weighted by atomic mass is 16.5. The summed E-state index contributed by atoms with van der Waals surface area (Å²) in [6.07, 6.45) is 6.36. The molecular weight excluding hydrogens is 356 g/mol. The molecule has 0 saturated carbocycles. The van der Waals surface area contributed by atoms with Crippen molar-refractivity contribution in [2.45, 2.75) is 38.6 Å². The molecule has 2 fully saturated rings. The van der Waals surface area contributed by atoms with Crippen molar-refractivity contribution in [2.75, 3.05) is 59.2 Å². The number of furan rings is 1. The maximum atomic E-state index is 5.77. The van der Waals surface area contributed by atoms with Gasteiger partial charge >= 0.3 is 0 Å². The predicted octanol–water partition coefficient (Wildman–Crippen LogP) is 2.41. The van der Waals surface area contributed by atoms with Gasteiger partial charge in [0.15, 0.2) is 5.96 Å². The van der Waals surface area contributed by atoms with Crippen molar-refractivity contribution in [2.24, 2.45) is 10.9 Å². The number of nitrogens with zero attached hydrogens (tertiary/aromatic N) is 2. The molecule has 2 aliphatic heterocycles. The molecule has 7 heteroatoms. The Morgan fingerprint density at radius 1 is 1.36 bits per heavy atom. The van der Waals surface area contributed by atoms with E-state index in [2.05, 4.69) is 28.5 Å². The Balaban J connectivity index is 1.41. The molecule has 2 unspecified atom stereocenters. The summed E-state index contributed by atoms with van der Waals surface area (Å²) in [5.41, 5.74) is 0. The number of hydrogen-bond acceptors (Lipinski definition) is 5. The van der Waals surface area contributed by atoms with Crippen molar-refractivity contribution in [3.8, 4) is 0 Å². The summed E-state index contributed by atoms with van der Waals surface area (Å²) in [4.78, 5) is 7.31. The van der Waals surface area contributed by atoms with Crippen LogP contribution in [0.15, 0.2) is 27.8 Å². The van der Waals surface area contributed by atoms with Gasteiger partial charge in [-0.3, -0.25) is 9.89 Å². The van der Waals surface area contributed by atoms with Crippen molar-refractivity contribution in [1.82, 2.24) is 15.5 Å². The minimum absolute atomic E-state index is 0.213. The number of aliphatic imine (C=N–C) groups is 1. The Hall–Kier alpha value is -1.57. The zero-order valence-corrected chi connectivity index (χ0v) is 17.2. The summed E-state index contributed by atoms with van der Waals surface area (Å²) in [6, 6.07) is 4.24. The summed E-state index contributed by atoms with van der Waals surface area (Å²) in [5, 5.41) is 6.77. The minimum atomic E-state index is 0.213. The fraction of sp³-hybridized carbons (Fsp3) is 0.762. The number of ether oxygens (including phenoxy) is 2. The van der Waals surface area contributed by atoms with E-state index in [0.29, 0.717) is 12.5 Å². The van der Waals surface area contributed by atoms with E-state index < -0.39 is 0 Å². The van der Waals surface area contributed by atoms with Gasteiger partial charge in [0.05, 0.1) is 32.1 Å². The Labute approximate surface area is 168 Å². The quantitative estimate of drug-likeness (QED) is 0.342. The van der Waals surface area contributed by atoms with E-state index in [1.165, 1.54) is 12.8 Å². The van der Waals surface area contributed by atoms with Crippen LogP contribution in [0.1, 0.15) is 44.4 Å². The second-order valence-electron chi connectivity index (χ2n) is 7.58. The molecule has 0 aromatic carbocycles. The van der Waals surface area contributed by atoms with Gasteiger partial charge in [-0.05, 0) is 57.8 Å². The highest BCUT2D eigenvalue weighted by Crippen LogP contribution is 2.25. The van der Waals surface area contributed by atoms with E-state index in [9.17, 15) is 0 Å². The second-order valence-corrected chi connectivity index (χ2v) is 7.58. The van der Waals surface area contributed by atoms with Gasteiger partial charge in [0.2, 0.25) is 0 Å². The van der Waals surface area contributed by atoms with Crippen LogP contribution in [-0.2, 0) is 9.47 Å². The van der Waals surface area contributed by atoms with E-state index >= 15 is 0 Å². The largest absolute Gasteiger partial charge is 0.468 e. The van der Waals surface area contributed by atoms with Gasteiger partial charge in [-0.15, -0.1) is 0 Å².